The van der Waals surface area contributed by atoms with Crippen molar-refractivity contribution in [2.24, 2.45) is 11.1 Å². The highest BCUT2D eigenvalue weighted by atomic mass is 16.5. The lowest BCUT2D eigenvalue weighted by Crippen LogP contribution is -2.39. The summed E-state index contributed by atoms with van der Waals surface area (Å²) in [6.45, 7) is 4.95. The Hall–Kier alpha value is -3.06. The summed E-state index contributed by atoms with van der Waals surface area (Å²) in [6, 6.07) is 13.8. The number of nitrogens with two attached hydrogens (primary N) is 1. The van der Waals surface area contributed by atoms with E-state index in [4.69, 9.17) is 15.2 Å². The number of anilines is 1. The van der Waals surface area contributed by atoms with Gasteiger partial charge in [0.05, 0.1) is 7.11 Å². The van der Waals surface area contributed by atoms with Gasteiger partial charge in [0.15, 0.2) is 6.61 Å². The average molecular weight is 399 g/mol. The van der Waals surface area contributed by atoms with Gasteiger partial charge in [0.25, 0.3) is 11.8 Å². The maximum atomic E-state index is 12.5. The standard InChI is InChI=1S/C22H29N3O4/c1-22(2,14-23)15-25(3)21(27)16-8-10-18(11-9-16)29-13-20(26)24-17-6-5-7-19(12-17)28-4/h5-12H,13-15,23H2,1-4H3,(H,24,26). The Morgan fingerprint density at radius 3 is 2.41 bits per heavy atom. The van der Waals surface area contributed by atoms with Crippen molar-refractivity contribution in [2.75, 3.05) is 39.2 Å². The zero-order valence-corrected chi connectivity index (χ0v) is 17.4. The molecule has 0 radical (unpaired) electrons. The van der Waals surface area contributed by atoms with Crippen LogP contribution in [0.4, 0.5) is 5.69 Å². The number of benzene rings is 2. The molecule has 0 aliphatic heterocycles. The van der Waals surface area contributed by atoms with Crippen LogP contribution < -0.4 is 20.5 Å². The number of carbonyl (C=O) groups is 2. The summed E-state index contributed by atoms with van der Waals surface area (Å²) in [6.07, 6.45) is 0. The molecule has 2 rings (SSSR count). The molecule has 0 saturated carbocycles. The van der Waals surface area contributed by atoms with Gasteiger partial charge in [-0.05, 0) is 48.4 Å². The van der Waals surface area contributed by atoms with Crippen molar-refractivity contribution >= 4 is 17.5 Å². The minimum Gasteiger partial charge on any atom is -0.497 e. The van der Waals surface area contributed by atoms with Gasteiger partial charge in [-0.15, -0.1) is 0 Å². The van der Waals surface area contributed by atoms with Crippen molar-refractivity contribution in [1.29, 1.82) is 0 Å². The lowest BCUT2D eigenvalue weighted by Gasteiger charge is -2.29. The fourth-order valence-electron chi connectivity index (χ4n) is 2.74. The lowest BCUT2D eigenvalue weighted by atomic mass is 9.93. The summed E-state index contributed by atoms with van der Waals surface area (Å²) < 4.78 is 10.6. The minimum absolute atomic E-state index is 0.0890. The Balaban J connectivity index is 1.88. The second kappa shape index (κ2) is 9.93. The molecule has 2 aromatic carbocycles. The molecule has 0 unspecified atom stereocenters. The molecule has 0 fully saturated rings. The van der Waals surface area contributed by atoms with Crippen LogP contribution in [0.25, 0.3) is 0 Å². The predicted octanol–water partition coefficient (Wildman–Crippen LogP) is 2.77. The first-order chi connectivity index (χ1) is 13.7. The van der Waals surface area contributed by atoms with Crippen molar-refractivity contribution in [1.82, 2.24) is 4.90 Å². The zero-order valence-electron chi connectivity index (χ0n) is 17.4. The van der Waals surface area contributed by atoms with Gasteiger partial charge >= 0.3 is 0 Å². The molecule has 7 heteroatoms. The monoisotopic (exact) mass is 399 g/mol. The highest BCUT2D eigenvalue weighted by Crippen LogP contribution is 2.19. The van der Waals surface area contributed by atoms with Crippen LogP contribution in [-0.2, 0) is 4.79 Å². The Morgan fingerprint density at radius 1 is 1.10 bits per heavy atom. The first kappa shape index (κ1) is 22.2. The number of hydrogen-bond donors (Lipinski definition) is 2. The molecule has 0 saturated heterocycles. The van der Waals surface area contributed by atoms with E-state index in [0.717, 1.165) is 0 Å². The summed E-state index contributed by atoms with van der Waals surface area (Å²) in [5, 5.41) is 2.74. The number of methoxy groups -OCH3 is 1. The van der Waals surface area contributed by atoms with E-state index in [2.05, 4.69) is 5.32 Å². The van der Waals surface area contributed by atoms with Crippen LogP contribution in [0, 0.1) is 5.41 Å². The SMILES string of the molecule is COc1cccc(NC(=O)COc2ccc(C(=O)N(C)CC(C)(C)CN)cc2)c1. The van der Waals surface area contributed by atoms with Gasteiger partial charge in [-0.2, -0.15) is 0 Å². The highest BCUT2D eigenvalue weighted by molar-refractivity contribution is 5.94. The molecule has 2 amide bonds. The van der Waals surface area contributed by atoms with Gasteiger partial charge in [-0.3, -0.25) is 9.59 Å². The van der Waals surface area contributed by atoms with E-state index >= 15 is 0 Å². The third-order valence-corrected chi connectivity index (χ3v) is 4.39. The van der Waals surface area contributed by atoms with Crippen LogP contribution >= 0.6 is 0 Å². The van der Waals surface area contributed by atoms with Gasteiger partial charge in [-0.25, -0.2) is 0 Å². The summed E-state index contributed by atoms with van der Waals surface area (Å²) in [5.41, 5.74) is 6.77. The van der Waals surface area contributed by atoms with Gasteiger partial charge in [0, 0.05) is 30.9 Å². The number of ether oxygens (including phenoxy) is 2. The number of amides is 2. The maximum Gasteiger partial charge on any atom is 0.262 e. The summed E-state index contributed by atoms with van der Waals surface area (Å²) in [4.78, 5) is 26.3. The second-order valence-corrected chi connectivity index (χ2v) is 7.62. The largest absolute Gasteiger partial charge is 0.497 e. The molecule has 3 N–H and O–H groups in total. The number of hydrogen-bond acceptors (Lipinski definition) is 5. The van der Waals surface area contributed by atoms with Crippen LogP contribution in [0.1, 0.15) is 24.2 Å². The van der Waals surface area contributed by atoms with Crippen LogP contribution in [0.2, 0.25) is 0 Å². The smallest absolute Gasteiger partial charge is 0.262 e. The molecule has 0 aromatic heterocycles. The van der Waals surface area contributed by atoms with E-state index in [9.17, 15) is 9.59 Å². The lowest BCUT2D eigenvalue weighted by molar-refractivity contribution is -0.118. The van der Waals surface area contributed by atoms with E-state index in [1.165, 1.54) is 0 Å². The Bertz CT molecular complexity index is 834. The van der Waals surface area contributed by atoms with Gasteiger partial charge in [0.2, 0.25) is 0 Å². The van der Waals surface area contributed by atoms with E-state index in [0.29, 0.717) is 35.8 Å². The first-order valence-electron chi connectivity index (χ1n) is 9.36. The number of rotatable bonds is 9. The van der Waals surface area contributed by atoms with E-state index in [-0.39, 0.29) is 23.8 Å². The molecular formula is C22H29N3O4. The molecule has 0 bridgehead atoms. The Kier molecular flexibility index (Phi) is 7.61. The van der Waals surface area contributed by atoms with Crippen LogP contribution in [0.3, 0.4) is 0 Å². The van der Waals surface area contributed by atoms with Crippen molar-refractivity contribution in [3.63, 3.8) is 0 Å². The summed E-state index contributed by atoms with van der Waals surface area (Å²) in [5.74, 6) is 0.784. The number of carbonyl (C=O) groups excluding carboxylic acids is 2. The first-order valence-corrected chi connectivity index (χ1v) is 9.36. The van der Waals surface area contributed by atoms with Crippen molar-refractivity contribution in [3.8, 4) is 11.5 Å². The average Bonchev–Trinajstić information content (AvgIpc) is 2.72. The Morgan fingerprint density at radius 2 is 1.79 bits per heavy atom. The van der Waals surface area contributed by atoms with Crippen LogP contribution in [0.5, 0.6) is 11.5 Å². The minimum atomic E-state index is -0.290. The van der Waals surface area contributed by atoms with Gasteiger partial charge in [-0.1, -0.05) is 19.9 Å². The summed E-state index contributed by atoms with van der Waals surface area (Å²) in [7, 11) is 3.32. The number of nitrogens with one attached hydrogen (secondary N) is 1. The van der Waals surface area contributed by atoms with Gasteiger partial charge < -0.3 is 25.4 Å². The molecular weight excluding hydrogens is 370 g/mol. The molecule has 0 aliphatic carbocycles. The summed E-state index contributed by atoms with van der Waals surface area (Å²) >= 11 is 0. The molecule has 0 heterocycles. The third-order valence-electron chi connectivity index (χ3n) is 4.39. The van der Waals surface area contributed by atoms with Crippen molar-refractivity contribution < 1.29 is 19.1 Å². The van der Waals surface area contributed by atoms with Gasteiger partial charge in [0.1, 0.15) is 11.5 Å². The Labute approximate surface area is 171 Å². The van der Waals surface area contributed by atoms with Crippen molar-refractivity contribution in [2.45, 2.75) is 13.8 Å². The molecule has 29 heavy (non-hydrogen) atoms. The fourth-order valence-corrected chi connectivity index (χ4v) is 2.74. The molecule has 0 aliphatic rings. The third kappa shape index (κ3) is 6.80. The molecule has 156 valence electrons. The zero-order chi connectivity index (χ0) is 21.4. The highest BCUT2D eigenvalue weighted by Gasteiger charge is 2.22. The second-order valence-electron chi connectivity index (χ2n) is 7.62. The normalized spacial score (nSPS) is 10.9. The topological polar surface area (TPSA) is 93.9 Å². The van der Waals surface area contributed by atoms with Crippen molar-refractivity contribution in [3.05, 3.63) is 54.1 Å². The van der Waals surface area contributed by atoms with E-state index in [1.807, 2.05) is 13.8 Å². The number of nitrogens with zero attached hydrogens (tertiary/aromatic N) is 1. The predicted molar refractivity (Wildman–Crippen MR) is 113 cm³/mol. The molecule has 7 nitrogen and oxygen atoms in total. The molecule has 0 spiro atoms. The molecule has 0 atom stereocenters. The van der Waals surface area contributed by atoms with E-state index < -0.39 is 0 Å². The maximum absolute atomic E-state index is 12.5. The fraction of sp³-hybridized carbons (Fsp3) is 0.364. The van der Waals surface area contributed by atoms with E-state index in [1.54, 1.807) is 67.6 Å². The molecule has 2 aromatic rings. The van der Waals surface area contributed by atoms with Crippen LogP contribution in [0.15, 0.2) is 48.5 Å². The van der Waals surface area contributed by atoms with Crippen LogP contribution in [-0.4, -0.2) is 50.6 Å². The quantitative estimate of drug-likeness (QED) is 0.676.